The zero-order valence-electron chi connectivity index (χ0n) is 9.17. The van der Waals surface area contributed by atoms with E-state index in [0.717, 1.165) is 12.0 Å². The van der Waals surface area contributed by atoms with Gasteiger partial charge in [-0.2, -0.15) is 0 Å². The molecule has 90 valence electrons. The van der Waals surface area contributed by atoms with E-state index in [2.05, 4.69) is 12.1 Å². The number of benzene rings is 1. The van der Waals surface area contributed by atoms with Crippen LogP contribution in [0.15, 0.2) is 36.4 Å². The molecule has 1 fully saturated rings. The second-order valence-electron chi connectivity index (χ2n) is 4.25. The fourth-order valence-electron chi connectivity index (χ4n) is 1.87. The van der Waals surface area contributed by atoms with Crippen LogP contribution in [-0.4, -0.2) is 11.1 Å². The van der Waals surface area contributed by atoms with Crippen LogP contribution in [-0.2, 0) is 0 Å². The zero-order valence-corrected chi connectivity index (χ0v) is 10.8. The van der Waals surface area contributed by atoms with Gasteiger partial charge < -0.3 is 10.8 Å². The van der Waals surface area contributed by atoms with Gasteiger partial charge in [0.1, 0.15) is 5.75 Å². The van der Waals surface area contributed by atoms with E-state index >= 15 is 0 Å². The van der Waals surface area contributed by atoms with Crippen LogP contribution in [0.25, 0.3) is 10.4 Å². The van der Waals surface area contributed by atoms with Crippen LogP contribution in [0.1, 0.15) is 17.2 Å². The van der Waals surface area contributed by atoms with Gasteiger partial charge in [0.25, 0.3) is 0 Å². The minimum Gasteiger partial charge on any atom is -0.508 e. The first-order valence-electron chi connectivity index (χ1n) is 5.39. The molecule has 0 aliphatic heterocycles. The third-order valence-electron chi connectivity index (χ3n) is 2.98. The number of thiophene rings is 1. The van der Waals surface area contributed by atoms with Gasteiger partial charge in [-0.15, -0.1) is 23.7 Å². The lowest BCUT2D eigenvalue weighted by Crippen LogP contribution is -1.99. The molecule has 1 aliphatic carbocycles. The molecule has 1 aliphatic rings. The zero-order chi connectivity index (χ0) is 11.1. The summed E-state index contributed by atoms with van der Waals surface area (Å²) in [6, 6.07) is 12.0. The molecular formula is C13H14ClNOS. The number of phenols is 1. The number of nitrogens with two attached hydrogens (primary N) is 1. The Balaban J connectivity index is 0.00000108. The van der Waals surface area contributed by atoms with Crippen molar-refractivity contribution in [2.75, 3.05) is 0 Å². The van der Waals surface area contributed by atoms with Crippen LogP contribution in [0.2, 0.25) is 0 Å². The van der Waals surface area contributed by atoms with Crippen molar-refractivity contribution in [3.8, 4) is 16.2 Å². The summed E-state index contributed by atoms with van der Waals surface area (Å²) >= 11 is 1.80. The normalized spacial score (nSPS) is 21.9. The maximum Gasteiger partial charge on any atom is 0.115 e. The molecule has 1 aromatic carbocycles. The van der Waals surface area contributed by atoms with Crippen molar-refractivity contribution in [3.63, 3.8) is 0 Å². The fraction of sp³-hybridized carbons (Fsp3) is 0.231. The summed E-state index contributed by atoms with van der Waals surface area (Å²) in [5.74, 6) is 0.889. The fourth-order valence-corrected chi connectivity index (χ4v) is 3.08. The smallest absolute Gasteiger partial charge is 0.115 e. The second kappa shape index (κ2) is 4.69. The average Bonchev–Trinajstić information content (AvgIpc) is 2.82. The molecule has 0 saturated heterocycles. The average molecular weight is 268 g/mol. The van der Waals surface area contributed by atoms with E-state index < -0.39 is 0 Å². The maximum atomic E-state index is 9.23. The van der Waals surface area contributed by atoms with E-state index in [9.17, 15) is 5.11 Å². The molecule has 3 rings (SSSR count). The standard InChI is InChI=1S/C13H13NOS.ClH/c14-11-7-10(11)13-6-5-12(16-13)8-1-3-9(15)4-2-8;/h1-6,10-11,15H,7,14H2;1H/t10-,11-;/m0./s1. The van der Waals surface area contributed by atoms with Crippen molar-refractivity contribution in [1.82, 2.24) is 0 Å². The van der Waals surface area contributed by atoms with Gasteiger partial charge in [0.05, 0.1) is 0 Å². The predicted molar refractivity (Wildman–Crippen MR) is 74.0 cm³/mol. The number of rotatable bonds is 2. The van der Waals surface area contributed by atoms with Crippen molar-refractivity contribution < 1.29 is 5.11 Å². The van der Waals surface area contributed by atoms with Crippen LogP contribution < -0.4 is 5.73 Å². The van der Waals surface area contributed by atoms with Crippen LogP contribution in [0.3, 0.4) is 0 Å². The molecule has 2 aromatic rings. The van der Waals surface area contributed by atoms with Gasteiger partial charge >= 0.3 is 0 Å². The molecule has 0 amide bonds. The van der Waals surface area contributed by atoms with Gasteiger partial charge in [-0.3, -0.25) is 0 Å². The number of phenolic OH excluding ortho intramolecular Hbond substituents is 1. The SMILES string of the molecule is Cl.N[C@H]1C[C@@H]1c1ccc(-c2ccc(O)cc2)s1. The Labute approximate surface area is 111 Å². The Morgan fingerprint density at radius 1 is 1.12 bits per heavy atom. The summed E-state index contributed by atoms with van der Waals surface area (Å²) < 4.78 is 0. The summed E-state index contributed by atoms with van der Waals surface area (Å²) in [5.41, 5.74) is 7.00. The highest BCUT2D eigenvalue weighted by Crippen LogP contribution is 2.44. The minimum absolute atomic E-state index is 0. The molecule has 0 spiro atoms. The summed E-state index contributed by atoms with van der Waals surface area (Å²) in [4.78, 5) is 2.63. The van der Waals surface area contributed by atoms with Gasteiger partial charge in [-0.25, -0.2) is 0 Å². The summed E-state index contributed by atoms with van der Waals surface area (Å²) in [7, 11) is 0. The lowest BCUT2D eigenvalue weighted by atomic mass is 10.2. The summed E-state index contributed by atoms with van der Waals surface area (Å²) in [6.45, 7) is 0. The highest BCUT2D eigenvalue weighted by Gasteiger charge is 2.35. The van der Waals surface area contributed by atoms with E-state index in [4.69, 9.17) is 5.73 Å². The van der Waals surface area contributed by atoms with Crippen molar-refractivity contribution in [2.24, 2.45) is 5.73 Å². The molecule has 0 unspecified atom stereocenters. The van der Waals surface area contributed by atoms with Crippen LogP contribution >= 0.6 is 23.7 Å². The first-order valence-corrected chi connectivity index (χ1v) is 6.20. The number of halogens is 1. The molecule has 1 saturated carbocycles. The van der Waals surface area contributed by atoms with Gasteiger partial charge in [0, 0.05) is 21.7 Å². The number of hydrogen-bond acceptors (Lipinski definition) is 3. The lowest BCUT2D eigenvalue weighted by molar-refractivity contribution is 0.475. The van der Waals surface area contributed by atoms with E-state index in [1.54, 1.807) is 23.5 Å². The molecule has 1 heterocycles. The molecule has 4 heteroatoms. The predicted octanol–water partition coefficient (Wildman–Crippen LogP) is 3.36. The van der Waals surface area contributed by atoms with Gasteiger partial charge in [-0.1, -0.05) is 0 Å². The first-order chi connectivity index (χ1) is 7.74. The summed E-state index contributed by atoms with van der Waals surface area (Å²) in [5, 5.41) is 9.23. The van der Waals surface area contributed by atoms with Gasteiger partial charge in [-0.05, 0) is 48.4 Å². The largest absolute Gasteiger partial charge is 0.508 e. The van der Waals surface area contributed by atoms with Gasteiger partial charge in [0.15, 0.2) is 0 Å². The molecule has 1 aromatic heterocycles. The number of hydrogen-bond donors (Lipinski definition) is 2. The third-order valence-corrected chi connectivity index (χ3v) is 4.25. The monoisotopic (exact) mass is 267 g/mol. The molecular weight excluding hydrogens is 254 g/mol. The molecule has 3 N–H and O–H groups in total. The van der Waals surface area contributed by atoms with E-state index in [0.29, 0.717) is 17.7 Å². The van der Waals surface area contributed by atoms with E-state index in [1.165, 1.54) is 9.75 Å². The Bertz CT molecular complexity index is 508. The topological polar surface area (TPSA) is 46.2 Å². The molecule has 0 bridgehead atoms. The second-order valence-corrected chi connectivity index (χ2v) is 5.37. The Morgan fingerprint density at radius 2 is 1.76 bits per heavy atom. The lowest BCUT2D eigenvalue weighted by Gasteiger charge is -1.97. The van der Waals surface area contributed by atoms with Crippen LogP contribution in [0.5, 0.6) is 5.75 Å². The Hall–Kier alpha value is -1.03. The maximum absolute atomic E-state index is 9.23. The van der Waals surface area contributed by atoms with Crippen molar-refractivity contribution in [1.29, 1.82) is 0 Å². The van der Waals surface area contributed by atoms with Gasteiger partial charge in [0.2, 0.25) is 0 Å². The van der Waals surface area contributed by atoms with E-state index in [-0.39, 0.29) is 12.4 Å². The first kappa shape index (κ1) is 12.4. The summed E-state index contributed by atoms with van der Waals surface area (Å²) in [6.07, 6.45) is 1.12. The molecule has 2 atom stereocenters. The van der Waals surface area contributed by atoms with Crippen molar-refractivity contribution in [3.05, 3.63) is 41.3 Å². The van der Waals surface area contributed by atoms with Crippen molar-refractivity contribution in [2.45, 2.75) is 18.4 Å². The minimum atomic E-state index is 0. The number of aromatic hydroxyl groups is 1. The molecule has 2 nitrogen and oxygen atoms in total. The quantitative estimate of drug-likeness (QED) is 0.876. The third kappa shape index (κ3) is 2.46. The Morgan fingerprint density at radius 3 is 2.35 bits per heavy atom. The van der Waals surface area contributed by atoms with Crippen LogP contribution in [0, 0.1) is 0 Å². The van der Waals surface area contributed by atoms with Crippen molar-refractivity contribution >= 4 is 23.7 Å². The Kier molecular flexibility index (Phi) is 3.43. The molecule has 17 heavy (non-hydrogen) atoms. The highest BCUT2D eigenvalue weighted by atomic mass is 35.5. The van der Waals surface area contributed by atoms with Crippen LogP contribution in [0.4, 0.5) is 0 Å². The molecule has 0 radical (unpaired) electrons. The highest BCUT2D eigenvalue weighted by molar-refractivity contribution is 7.15. The van der Waals surface area contributed by atoms with E-state index in [1.807, 2.05) is 12.1 Å².